The van der Waals surface area contributed by atoms with Crippen LogP contribution >= 0.6 is 23.8 Å². The van der Waals surface area contributed by atoms with E-state index in [1.807, 2.05) is 30.1 Å². The molecular weight excluding hydrogens is 340 g/mol. The number of nitrogens with one attached hydrogen (secondary N) is 1. The number of ether oxygens (including phenoxy) is 1. The lowest BCUT2D eigenvalue weighted by molar-refractivity contribution is 0.285. The van der Waals surface area contributed by atoms with Gasteiger partial charge in [-0.3, -0.25) is 0 Å². The summed E-state index contributed by atoms with van der Waals surface area (Å²) in [4.78, 5) is 1.95. The molecule has 0 unspecified atom stereocenters. The first kappa shape index (κ1) is 18.6. The molecule has 0 saturated heterocycles. The zero-order valence-electron chi connectivity index (χ0n) is 14.3. The quantitative estimate of drug-likeness (QED) is 0.716. The minimum Gasteiger partial charge on any atom is -0.492 e. The zero-order valence-corrected chi connectivity index (χ0v) is 15.8. The largest absolute Gasteiger partial charge is 0.492 e. The van der Waals surface area contributed by atoms with E-state index in [4.69, 9.17) is 28.6 Å². The highest BCUT2D eigenvalue weighted by atomic mass is 35.5. The molecule has 0 bridgehead atoms. The highest BCUT2D eigenvalue weighted by molar-refractivity contribution is 7.80. The van der Waals surface area contributed by atoms with E-state index in [0.717, 1.165) is 11.4 Å². The van der Waals surface area contributed by atoms with Crippen molar-refractivity contribution in [3.63, 3.8) is 0 Å². The molecule has 0 heterocycles. The fourth-order valence-electron chi connectivity index (χ4n) is 2.13. The second-order valence-corrected chi connectivity index (χ2v) is 6.76. The second-order valence-electron chi connectivity index (χ2n) is 5.93. The third kappa shape index (κ3) is 5.69. The van der Waals surface area contributed by atoms with Crippen LogP contribution in [0.3, 0.4) is 0 Å². The van der Waals surface area contributed by atoms with Crippen LogP contribution in [0.1, 0.15) is 25.3 Å². The van der Waals surface area contributed by atoms with Gasteiger partial charge in [0.05, 0.1) is 6.54 Å². The van der Waals surface area contributed by atoms with Gasteiger partial charge in [0.1, 0.15) is 12.4 Å². The lowest BCUT2D eigenvalue weighted by atomic mass is 10.0. The number of hydrogen-bond donors (Lipinski definition) is 1. The molecule has 0 atom stereocenters. The third-order valence-corrected chi connectivity index (χ3v) is 4.32. The van der Waals surface area contributed by atoms with Gasteiger partial charge in [-0.15, -0.1) is 0 Å². The maximum Gasteiger partial charge on any atom is 0.173 e. The van der Waals surface area contributed by atoms with Crippen LogP contribution in [0.4, 0.5) is 5.69 Å². The number of thiocarbonyl (C=S) groups is 1. The van der Waals surface area contributed by atoms with E-state index in [-0.39, 0.29) is 0 Å². The molecule has 24 heavy (non-hydrogen) atoms. The van der Waals surface area contributed by atoms with Gasteiger partial charge in [0.25, 0.3) is 0 Å². The standard InChI is InChI=1S/C19H23ClN2OS/c1-14(2)15-7-9-17(10-8-15)21-19(24)22(3)11-12-23-18-6-4-5-16(20)13-18/h4-10,13-14H,11-12H2,1-3H3,(H,21,24). The van der Waals surface area contributed by atoms with Crippen molar-refractivity contribution in [1.29, 1.82) is 0 Å². The number of anilines is 1. The minimum absolute atomic E-state index is 0.525. The van der Waals surface area contributed by atoms with Crippen LogP contribution in [0, 0.1) is 0 Å². The van der Waals surface area contributed by atoms with Crippen molar-refractivity contribution >= 4 is 34.6 Å². The van der Waals surface area contributed by atoms with Crippen LogP contribution in [0.2, 0.25) is 5.02 Å². The SMILES string of the molecule is CC(C)c1ccc(NC(=S)N(C)CCOc2cccc(Cl)c2)cc1. The Hall–Kier alpha value is -1.78. The summed E-state index contributed by atoms with van der Waals surface area (Å²) in [5, 5.41) is 4.58. The molecule has 1 N–H and O–H groups in total. The molecular formula is C19H23ClN2OS. The molecule has 5 heteroatoms. The van der Waals surface area contributed by atoms with Gasteiger partial charge >= 0.3 is 0 Å². The van der Waals surface area contributed by atoms with Gasteiger partial charge < -0.3 is 15.0 Å². The molecule has 0 aliphatic rings. The van der Waals surface area contributed by atoms with E-state index in [0.29, 0.717) is 29.2 Å². The molecule has 0 aromatic heterocycles. The van der Waals surface area contributed by atoms with Crippen LogP contribution in [0.5, 0.6) is 5.75 Å². The number of likely N-dealkylation sites (N-methyl/N-ethyl adjacent to an activating group) is 1. The average Bonchev–Trinajstić information content (AvgIpc) is 2.55. The molecule has 0 fully saturated rings. The topological polar surface area (TPSA) is 24.5 Å². The molecule has 2 aromatic carbocycles. The molecule has 0 aliphatic carbocycles. The fourth-order valence-corrected chi connectivity index (χ4v) is 2.52. The predicted molar refractivity (Wildman–Crippen MR) is 106 cm³/mol. The average molecular weight is 363 g/mol. The Kier molecular flexibility index (Phi) is 6.88. The summed E-state index contributed by atoms with van der Waals surface area (Å²) in [7, 11) is 1.94. The zero-order chi connectivity index (χ0) is 17.5. The Labute approximate surface area is 154 Å². The second kappa shape index (κ2) is 8.90. The molecule has 2 aromatic rings. The van der Waals surface area contributed by atoms with Crippen molar-refractivity contribution in [3.8, 4) is 5.75 Å². The molecule has 0 aliphatic heterocycles. The van der Waals surface area contributed by atoms with E-state index >= 15 is 0 Å². The van der Waals surface area contributed by atoms with Crippen molar-refractivity contribution < 1.29 is 4.74 Å². The highest BCUT2D eigenvalue weighted by Gasteiger charge is 2.06. The maximum absolute atomic E-state index is 5.94. The number of nitrogens with zero attached hydrogens (tertiary/aromatic N) is 1. The van der Waals surface area contributed by atoms with Gasteiger partial charge in [-0.25, -0.2) is 0 Å². The summed E-state index contributed by atoms with van der Waals surface area (Å²) < 4.78 is 5.69. The van der Waals surface area contributed by atoms with Crippen molar-refractivity contribution in [1.82, 2.24) is 4.90 Å². The molecule has 0 radical (unpaired) electrons. The lowest BCUT2D eigenvalue weighted by Gasteiger charge is -2.21. The van der Waals surface area contributed by atoms with Gasteiger partial charge in [0, 0.05) is 17.8 Å². The number of benzene rings is 2. The Bertz CT molecular complexity index is 673. The summed E-state index contributed by atoms with van der Waals surface area (Å²) in [5.74, 6) is 1.29. The first-order valence-corrected chi connectivity index (χ1v) is 8.75. The summed E-state index contributed by atoms with van der Waals surface area (Å²) in [6.45, 7) is 5.58. The van der Waals surface area contributed by atoms with Crippen LogP contribution in [0.15, 0.2) is 48.5 Å². The summed E-state index contributed by atoms with van der Waals surface area (Å²) in [6.07, 6.45) is 0. The fraction of sp³-hybridized carbons (Fsp3) is 0.316. The first-order valence-electron chi connectivity index (χ1n) is 7.96. The number of hydrogen-bond acceptors (Lipinski definition) is 2. The molecule has 0 spiro atoms. The molecule has 2 rings (SSSR count). The summed E-state index contributed by atoms with van der Waals surface area (Å²) in [5.41, 5.74) is 2.31. The Balaban J connectivity index is 1.79. The maximum atomic E-state index is 5.94. The van der Waals surface area contributed by atoms with E-state index in [1.54, 1.807) is 6.07 Å². The highest BCUT2D eigenvalue weighted by Crippen LogP contribution is 2.18. The Morgan fingerprint density at radius 3 is 2.54 bits per heavy atom. The third-order valence-electron chi connectivity index (χ3n) is 3.67. The van der Waals surface area contributed by atoms with Crippen LogP contribution in [0.25, 0.3) is 0 Å². The lowest BCUT2D eigenvalue weighted by Crippen LogP contribution is -2.34. The molecule has 128 valence electrons. The Morgan fingerprint density at radius 2 is 1.92 bits per heavy atom. The van der Waals surface area contributed by atoms with E-state index in [1.165, 1.54) is 5.56 Å². The minimum atomic E-state index is 0.525. The van der Waals surface area contributed by atoms with Gasteiger partial charge in [-0.1, -0.05) is 43.6 Å². The van der Waals surface area contributed by atoms with Gasteiger partial charge in [-0.2, -0.15) is 0 Å². The number of rotatable bonds is 6. The van der Waals surface area contributed by atoms with Crippen LogP contribution in [-0.2, 0) is 0 Å². The van der Waals surface area contributed by atoms with Crippen molar-refractivity contribution in [2.75, 3.05) is 25.5 Å². The van der Waals surface area contributed by atoms with Gasteiger partial charge in [0.15, 0.2) is 5.11 Å². The summed E-state index contributed by atoms with van der Waals surface area (Å²) >= 11 is 11.4. The summed E-state index contributed by atoms with van der Waals surface area (Å²) in [6, 6.07) is 15.7. The normalized spacial score (nSPS) is 10.5. The first-order chi connectivity index (χ1) is 11.5. The van der Waals surface area contributed by atoms with Gasteiger partial charge in [-0.05, 0) is 54.0 Å². The van der Waals surface area contributed by atoms with E-state index in [9.17, 15) is 0 Å². The van der Waals surface area contributed by atoms with E-state index < -0.39 is 0 Å². The van der Waals surface area contributed by atoms with Crippen LogP contribution in [-0.4, -0.2) is 30.2 Å². The van der Waals surface area contributed by atoms with Crippen LogP contribution < -0.4 is 10.1 Å². The molecule has 3 nitrogen and oxygen atoms in total. The van der Waals surface area contributed by atoms with Crippen molar-refractivity contribution in [3.05, 3.63) is 59.1 Å². The van der Waals surface area contributed by atoms with Gasteiger partial charge in [0.2, 0.25) is 0 Å². The Morgan fingerprint density at radius 1 is 1.21 bits per heavy atom. The smallest absolute Gasteiger partial charge is 0.173 e. The predicted octanol–water partition coefficient (Wildman–Crippen LogP) is 5.17. The van der Waals surface area contributed by atoms with E-state index in [2.05, 4.69) is 43.4 Å². The number of halogens is 1. The molecule has 0 amide bonds. The molecule has 0 saturated carbocycles. The monoisotopic (exact) mass is 362 g/mol. The van der Waals surface area contributed by atoms with Crippen molar-refractivity contribution in [2.24, 2.45) is 0 Å². The van der Waals surface area contributed by atoms with Crippen molar-refractivity contribution in [2.45, 2.75) is 19.8 Å².